The van der Waals surface area contributed by atoms with E-state index in [1.807, 2.05) is 13.0 Å². The Kier molecular flexibility index (Phi) is 6.08. The Morgan fingerprint density at radius 3 is 2.79 bits per heavy atom. The molecular weight excluding hydrogens is 257 g/mol. The minimum atomic E-state index is -4.06. The molecule has 1 heterocycles. The third-order valence-corrected chi connectivity index (χ3v) is 2.78. The standard InChI is InChI=1S/C13H19F3N2O/c1-10(5-3-7-13(14,15)16)18-9-11-6-4-8-17-12(11)19-2/h4,6,8,10,18H,3,5,7,9H2,1-2H3. The molecule has 0 saturated heterocycles. The zero-order valence-corrected chi connectivity index (χ0v) is 11.1. The van der Waals surface area contributed by atoms with Crippen molar-refractivity contribution in [3.05, 3.63) is 23.9 Å². The van der Waals surface area contributed by atoms with Crippen LogP contribution in [0.4, 0.5) is 13.2 Å². The predicted molar refractivity (Wildman–Crippen MR) is 67.0 cm³/mol. The normalized spacial score (nSPS) is 13.3. The molecule has 0 aliphatic carbocycles. The summed E-state index contributed by atoms with van der Waals surface area (Å²) in [4.78, 5) is 4.06. The van der Waals surface area contributed by atoms with E-state index >= 15 is 0 Å². The molecule has 0 bridgehead atoms. The lowest BCUT2D eigenvalue weighted by atomic mass is 10.1. The maximum atomic E-state index is 12.0. The number of pyridine rings is 1. The van der Waals surface area contributed by atoms with Gasteiger partial charge in [0.2, 0.25) is 5.88 Å². The second-order valence-electron chi connectivity index (χ2n) is 4.46. The van der Waals surface area contributed by atoms with Crippen LogP contribution < -0.4 is 10.1 Å². The molecule has 1 aromatic heterocycles. The van der Waals surface area contributed by atoms with Gasteiger partial charge in [0, 0.05) is 30.8 Å². The van der Waals surface area contributed by atoms with Gasteiger partial charge in [0.15, 0.2) is 0 Å². The van der Waals surface area contributed by atoms with Gasteiger partial charge in [-0.2, -0.15) is 13.2 Å². The van der Waals surface area contributed by atoms with E-state index in [2.05, 4.69) is 10.3 Å². The monoisotopic (exact) mass is 276 g/mol. The maximum Gasteiger partial charge on any atom is 0.389 e. The van der Waals surface area contributed by atoms with Crippen LogP contribution in [0, 0.1) is 0 Å². The summed E-state index contributed by atoms with van der Waals surface area (Å²) in [6.07, 6.45) is -2.53. The zero-order valence-electron chi connectivity index (χ0n) is 11.1. The Labute approximate surface area is 111 Å². The molecule has 0 aliphatic heterocycles. The molecule has 1 aromatic rings. The van der Waals surface area contributed by atoms with Crippen molar-refractivity contribution in [1.29, 1.82) is 0 Å². The summed E-state index contributed by atoms with van der Waals surface area (Å²) in [5.41, 5.74) is 0.896. The van der Waals surface area contributed by atoms with E-state index in [-0.39, 0.29) is 12.5 Å². The summed E-state index contributed by atoms with van der Waals surface area (Å²) in [6, 6.07) is 3.70. The summed E-state index contributed by atoms with van der Waals surface area (Å²) in [7, 11) is 1.54. The van der Waals surface area contributed by atoms with Crippen molar-refractivity contribution >= 4 is 0 Å². The number of hydrogen-bond donors (Lipinski definition) is 1. The number of ether oxygens (including phenoxy) is 1. The summed E-state index contributed by atoms with van der Waals surface area (Å²) in [5.74, 6) is 0.539. The van der Waals surface area contributed by atoms with Gasteiger partial charge < -0.3 is 10.1 Å². The molecule has 1 atom stereocenters. The number of halogens is 3. The van der Waals surface area contributed by atoms with Crippen LogP contribution >= 0.6 is 0 Å². The first-order chi connectivity index (χ1) is 8.92. The number of methoxy groups -OCH3 is 1. The Hall–Kier alpha value is -1.30. The van der Waals surface area contributed by atoms with Crippen molar-refractivity contribution in [2.75, 3.05) is 7.11 Å². The van der Waals surface area contributed by atoms with E-state index in [1.54, 1.807) is 19.4 Å². The number of hydrogen-bond acceptors (Lipinski definition) is 3. The molecular formula is C13H19F3N2O. The lowest BCUT2D eigenvalue weighted by Gasteiger charge is -2.15. The predicted octanol–water partition coefficient (Wildman–Crippen LogP) is 3.30. The van der Waals surface area contributed by atoms with Crippen LogP contribution in [-0.2, 0) is 6.54 Å². The second kappa shape index (κ2) is 7.33. The third kappa shape index (κ3) is 6.42. The van der Waals surface area contributed by atoms with Gasteiger partial charge in [-0.15, -0.1) is 0 Å². The Balaban J connectivity index is 2.32. The molecule has 0 aliphatic rings. The highest BCUT2D eigenvalue weighted by atomic mass is 19.4. The van der Waals surface area contributed by atoms with Gasteiger partial charge in [0.25, 0.3) is 0 Å². The van der Waals surface area contributed by atoms with Crippen LogP contribution in [0.1, 0.15) is 31.7 Å². The first-order valence-corrected chi connectivity index (χ1v) is 6.20. The topological polar surface area (TPSA) is 34.1 Å². The van der Waals surface area contributed by atoms with E-state index in [9.17, 15) is 13.2 Å². The highest BCUT2D eigenvalue weighted by molar-refractivity contribution is 5.25. The fourth-order valence-electron chi connectivity index (χ4n) is 1.74. The minimum absolute atomic E-state index is 0.0206. The molecule has 0 spiro atoms. The molecule has 0 aromatic carbocycles. The van der Waals surface area contributed by atoms with Gasteiger partial charge >= 0.3 is 6.18 Å². The van der Waals surface area contributed by atoms with Gasteiger partial charge in [0.05, 0.1) is 7.11 Å². The minimum Gasteiger partial charge on any atom is -0.481 e. The first-order valence-electron chi connectivity index (χ1n) is 6.20. The molecule has 6 heteroatoms. The SMILES string of the molecule is COc1ncccc1CNC(C)CCCC(F)(F)F. The average Bonchev–Trinajstić information content (AvgIpc) is 2.35. The third-order valence-electron chi connectivity index (χ3n) is 2.78. The van der Waals surface area contributed by atoms with Crippen LogP contribution in [0.5, 0.6) is 5.88 Å². The summed E-state index contributed by atoms with van der Waals surface area (Å²) < 4.78 is 41.1. The van der Waals surface area contributed by atoms with E-state index < -0.39 is 12.6 Å². The second-order valence-corrected chi connectivity index (χ2v) is 4.46. The number of aromatic nitrogens is 1. The number of nitrogens with zero attached hydrogens (tertiary/aromatic N) is 1. The van der Waals surface area contributed by atoms with Crippen molar-refractivity contribution in [1.82, 2.24) is 10.3 Å². The largest absolute Gasteiger partial charge is 0.481 e. The fourth-order valence-corrected chi connectivity index (χ4v) is 1.74. The molecule has 3 nitrogen and oxygen atoms in total. The van der Waals surface area contributed by atoms with E-state index in [0.29, 0.717) is 18.8 Å². The van der Waals surface area contributed by atoms with Crippen molar-refractivity contribution in [3.8, 4) is 5.88 Å². The maximum absolute atomic E-state index is 12.0. The van der Waals surface area contributed by atoms with Crippen LogP contribution in [0.2, 0.25) is 0 Å². The molecule has 19 heavy (non-hydrogen) atoms. The zero-order chi connectivity index (χ0) is 14.3. The molecule has 1 unspecified atom stereocenters. The lowest BCUT2D eigenvalue weighted by Crippen LogP contribution is -2.26. The summed E-state index contributed by atoms with van der Waals surface area (Å²) >= 11 is 0. The Morgan fingerprint density at radius 1 is 1.42 bits per heavy atom. The van der Waals surface area contributed by atoms with Gasteiger partial charge in [0.1, 0.15) is 0 Å². The highest BCUT2D eigenvalue weighted by Crippen LogP contribution is 2.22. The molecule has 0 amide bonds. The smallest absolute Gasteiger partial charge is 0.389 e. The van der Waals surface area contributed by atoms with Crippen LogP contribution in [-0.4, -0.2) is 24.3 Å². The van der Waals surface area contributed by atoms with Crippen molar-refractivity contribution in [2.45, 2.75) is 44.9 Å². The van der Waals surface area contributed by atoms with Gasteiger partial charge in [-0.3, -0.25) is 0 Å². The van der Waals surface area contributed by atoms with Gasteiger partial charge in [-0.25, -0.2) is 4.98 Å². The average molecular weight is 276 g/mol. The molecule has 0 saturated carbocycles. The van der Waals surface area contributed by atoms with Gasteiger partial charge in [-0.05, 0) is 25.8 Å². The summed E-state index contributed by atoms with van der Waals surface area (Å²) in [6.45, 7) is 2.41. The van der Waals surface area contributed by atoms with Crippen molar-refractivity contribution in [2.24, 2.45) is 0 Å². The van der Waals surface area contributed by atoms with E-state index in [1.165, 1.54) is 0 Å². The first kappa shape index (κ1) is 15.8. The van der Waals surface area contributed by atoms with Crippen molar-refractivity contribution < 1.29 is 17.9 Å². The van der Waals surface area contributed by atoms with Crippen LogP contribution in [0.25, 0.3) is 0 Å². The molecule has 1 rings (SSSR count). The molecule has 108 valence electrons. The van der Waals surface area contributed by atoms with E-state index in [0.717, 1.165) is 5.56 Å². The van der Waals surface area contributed by atoms with Crippen molar-refractivity contribution in [3.63, 3.8) is 0 Å². The number of alkyl halides is 3. The quantitative estimate of drug-likeness (QED) is 0.829. The van der Waals surface area contributed by atoms with Crippen LogP contribution in [0.3, 0.4) is 0 Å². The number of rotatable bonds is 7. The van der Waals surface area contributed by atoms with E-state index in [4.69, 9.17) is 4.74 Å². The molecule has 0 fully saturated rings. The van der Waals surface area contributed by atoms with Gasteiger partial charge in [-0.1, -0.05) is 6.07 Å². The Morgan fingerprint density at radius 2 is 2.16 bits per heavy atom. The molecule has 0 radical (unpaired) electrons. The Bertz CT molecular complexity index is 382. The van der Waals surface area contributed by atoms with Crippen LogP contribution in [0.15, 0.2) is 18.3 Å². The lowest BCUT2D eigenvalue weighted by molar-refractivity contribution is -0.135. The fraction of sp³-hybridized carbons (Fsp3) is 0.615. The molecule has 1 N–H and O–H groups in total. The number of nitrogens with one attached hydrogen (secondary N) is 1. The highest BCUT2D eigenvalue weighted by Gasteiger charge is 2.26. The summed E-state index contributed by atoms with van der Waals surface area (Å²) in [5, 5.41) is 3.17.